The quantitative estimate of drug-likeness (QED) is 0.531. The molecule has 0 aromatic heterocycles. The summed E-state index contributed by atoms with van der Waals surface area (Å²) < 4.78 is 24.0. The van der Waals surface area contributed by atoms with Crippen LogP contribution >= 0.6 is 11.8 Å². The van der Waals surface area contributed by atoms with Gasteiger partial charge < -0.3 is 10.8 Å². The Morgan fingerprint density at radius 2 is 2.07 bits per heavy atom. The van der Waals surface area contributed by atoms with Crippen molar-refractivity contribution >= 4 is 33.5 Å². The molecule has 0 bridgehead atoms. The van der Waals surface area contributed by atoms with Crippen LogP contribution in [0.5, 0.6) is 0 Å². The van der Waals surface area contributed by atoms with E-state index in [1.54, 1.807) is 4.24 Å². The van der Waals surface area contributed by atoms with E-state index in [0.29, 0.717) is 0 Å². The number of anilines is 1. The molecule has 0 heterocycles. The summed E-state index contributed by atoms with van der Waals surface area (Å²) in [6, 6.07) is 3.22. The van der Waals surface area contributed by atoms with Crippen molar-refractivity contribution in [3.05, 3.63) is 23.8 Å². The molecule has 1 rings (SSSR count). The standard InChI is InChI=1S/C7H7ClN2O4S/c8-10-15(13,14)4-1-2-5(7(11)12)6(9)3-4/h1-3,10H,9H2,(H,11,12). The second kappa shape index (κ2) is 4.05. The van der Waals surface area contributed by atoms with Gasteiger partial charge in [0.2, 0.25) is 0 Å². The van der Waals surface area contributed by atoms with E-state index < -0.39 is 16.0 Å². The molecule has 1 aromatic carbocycles. The van der Waals surface area contributed by atoms with Crippen LogP contribution in [-0.2, 0) is 10.0 Å². The number of nitrogens with one attached hydrogen (secondary N) is 1. The minimum atomic E-state index is -3.82. The van der Waals surface area contributed by atoms with Crippen LogP contribution in [0.4, 0.5) is 5.69 Å². The molecule has 0 saturated carbocycles. The molecular formula is C7H7ClN2O4S. The van der Waals surface area contributed by atoms with E-state index in [1.807, 2.05) is 0 Å². The minimum absolute atomic E-state index is 0.143. The topological polar surface area (TPSA) is 109 Å². The molecule has 0 unspecified atom stereocenters. The third kappa shape index (κ3) is 2.38. The molecule has 0 aliphatic heterocycles. The Morgan fingerprint density at radius 1 is 1.47 bits per heavy atom. The van der Waals surface area contributed by atoms with Crippen LogP contribution in [0.1, 0.15) is 10.4 Å². The molecule has 0 atom stereocenters. The Morgan fingerprint density at radius 3 is 2.47 bits per heavy atom. The van der Waals surface area contributed by atoms with E-state index >= 15 is 0 Å². The predicted octanol–water partition coefficient (Wildman–Crippen LogP) is 0.399. The number of carboxylic acids is 1. The summed E-state index contributed by atoms with van der Waals surface area (Å²) in [5.41, 5.74) is 5.05. The number of hydrogen-bond acceptors (Lipinski definition) is 4. The van der Waals surface area contributed by atoms with E-state index in [9.17, 15) is 13.2 Å². The number of halogens is 1. The number of sulfonamides is 1. The summed E-state index contributed by atoms with van der Waals surface area (Å²) in [5, 5.41) is 8.65. The smallest absolute Gasteiger partial charge is 0.337 e. The highest BCUT2D eigenvalue weighted by Gasteiger charge is 2.15. The van der Waals surface area contributed by atoms with Gasteiger partial charge in [-0.2, -0.15) is 0 Å². The number of nitrogens with two attached hydrogens (primary N) is 1. The molecule has 0 fully saturated rings. The van der Waals surface area contributed by atoms with Crippen molar-refractivity contribution in [1.82, 2.24) is 4.24 Å². The second-order valence-corrected chi connectivity index (χ2v) is 4.73. The van der Waals surface area contributed by atoms with Crippen LogP contribution in [0, 0.1) is 0 Å². The lowest BCUT2D eigenvalue weighted by Gasteiger charge is -2.04. The SMILES string of the molecule is Nc1cc(S(=O)(=O)NCl)ccc1C(=O)O. The molecule has 82 valence electrons. The number of benzene rings is 1. The summed E-state index contributed by atoms with van der Waals surface area (Å²) in [6.45, 7) is 0. The maximum Gasteiger partial charge on any atom is 0.337 e. The number of carbonyl (C=O) groups is 1. The zero-order chi connectivity index (χ0) is 11.6. The summed E-state index contributed by atoms with van der Waals surface area (Å²) >= 11 is 4.99. The molecule has 6 nitrogen and oxygen atoms in total. The average molecular weight is 251 g/mol. The maximum atomic E-state index is 11.2. The molecule has 0 aliphatic carbocycles. The highest BCUT2D eigenvalue weighted by Crippen LogP contribution is 2.18. The fraction of sp³-hybridized carbons (Fsp3) is 0. The zero-order valence-electron chi connectivity index (χ0n) is 7.27. The van der Waals surface area contributed by atoms with Gasteiger partial charge in [0.05, 0.1) is 10.5 Å². The van der Waals surface area contributed by atoms with Crippen molar-refractivity contribution < 1.29 is 18.3 Å². The van der Waals surface area contributed by atoms with Gasteiger partial charge in [-0.1, -0.05) is 0 Å². The van der Waals surface area contributed by atoms with E-state index in [2.05, 4.69) is 0 Å². The van der Waals surface area contributed by atoms with Crippen molar-refractivity contribution in [3.63, 3.8) is 0 Å². The first-order chi connectivity index (χ1) is 6.88. The van der Waals surface area contributed by atoms with Crippen LogP contribution < -0.4 is 9.97 Å². The average Bonchev–Trinajstić information content (AvgIpc) is 2.17. The van der Waals surface area contributed by atoms with Crippen LogP contribution in [0.2, 0.25) is 0 Å². The van der Waals surface area contributed by atoms with Crippen LogP contribution in [0.3, 0.4) is 0 Å². The molecule has 0 aliphatic rings. The molecular weight excluding hydrogens is 244 g/mol. The van der Waals surface area contributed by atoms with E-state index in [4.69, 9.17) is 22.6 Å². The van der Waals surface area contributed by atoms with Crippen molar-refractivity contribution in [3.8, 4) is 0 Å². The second-order valence-electron chi connectivity index (χ2n) is 2.63. The number of rotatable bonds is 3. The molecule has 0 radical (unpaired) electrons. The number of hydrogen-bond donors (Lipinski definition) is 3. The lowest BCUT2D eigenvalue weighted by molar-refractivity contribution is 0.0698. The highest BCUT2D eigenvalue weighted by atomic mass is 35.5. The molecule has 15 heavy (non-hydrogen) atoms. The van der Waals surface area contributed by atoms with Gasteiger partial charge in [0.25, 0.3) is 10.0 Å². The Balaban J connectivity index is 3.30. The van der Waals surface area contributed by atoms with Crippen molar-refractivity contribution in [2.75, 3.05) is 5.73 Å². The van der Waals surface area contributed by atoms with Crippen LogP contribution in [0.15, 0.2) is 23.1 Å². The van der Waals surface area contributed by atoms with Gasteiger partial charge in [-0.25, -0.2) is 13.2 Å². The van der Waals surface area contributed by atoms with Gasteiger partial charge >= 0.3 is 5.97 Å². The Bertz CT molecular complexity index is 500. The molecule has 0 spiro atoms. The van der Waals surface area contributed by atoms with Crippen molar-refractivity contribution in [2.24, 2.45) is 0 Å². The number of nitrogen functional groups attached to an aromatic ring is 1. The molecule has 4 N–H and O–H groups in total. The van der Waals surface area contributed by atoms with Crippen molar-refractivity contribution in [2.45, 2.75) is 4.90 Å². The molecule has 0 saturated heterocycles. The molecule has 1 aromatic rings. The van der Waals surface area contributed by atoms with E-state index in [1.165, 1.54) is 0 Å². The first-order valence-corrected chi connectivity index (χ1v) is 5.50. The first kappa shape index (κ1) is 11.8. The van der Waals surface area contributed by atoms with Gasteiger partial charge in [0, 0.05) is 5.69 Å². The molecule has 8 heteroatoms. The summed E-state index contributed by atoms with van der Waals surface area (Å²) in [5.74, 6) is -1.23. The normalized spacial score (nSPS) is 11.3. The first-order valence-electron chi connectivity index (χ1n) is 3.64. The number of aromatic carboxylic acids is 1. The monoisotopic (exact) mass is 250 g/mol. The van der Waals surface area contributed by atoms with Gasteiger partial charge in [-0.05, 0) is 30.0 Å². The summed E-state index contributed by atoms with van der Waals surface area (Å²) in [6.07, 6.45) is 0. The minimum Gasteiger partial charge on any atom is -0.478 e. The van der Waals surface area contributed by atoms with Gasteiger partial charge in [0.15, 0.2) is 0 Å². The largest absolute Gasteiger partial charge is 0.478 e. The zero-order valence-corrected chi connectivity index (χ0v) is 8.84. The van der Waals surface area contributed by atoms with E-state index in [0.717, 1.165) is 18.2 Å². The third-order valence-electron chi connectivity index (χ3n) is 1.67. The fourth-order valence-electron chi connectivity index (χ4n) is 0.947. The molecule has 0 amide bonds. The number of carboxylic acid groups (broad SMARTS) is 1. The Kier molecular flexibility index (Phi) is 3.18. The maximum absolute atomic E-state index is 11.2. The Hall–Kier alpha value is -1.31. The fourth-order valence-corrected chi connectivity index (χ4v) is 1.83. The van der Waals surface area contributed by atoms with Crippen molar-refractivity contribution in [1.29, 1.82) is 0 Å². The summed E-state index contributed by atoms with van der Waals surface area (Å²) in [4.78, 5) is 10.4. The van der Waals surface area contributed by atoms with Crippen LogP contribution in [0.25, 0.3) is 0 Å². The van der Waals surface area contributed by atoms with E-state index in [-0.39, 0.29) is 16.1 Å². The third-order valence-corrected chi connectivity index (χ3v) is 3.35. The lowest BCUT2D eigenvalue weighted by Crippen LogP contribution is -2.14. The Labute approximate surface area is 90.8 Å². The predicted molar refractivity (Wildman–Crippen MR) is 54.0 cm³/mol. The highest BCUT2D eigenvalue weighted by molar-refractivity contribution is 7.90. The van der Waals surface area contributed by atoms with Gasteiger partial charge in [-0.3, -0.25) is 0 Å². The van der Waals surface area contributed by atoms with Crippen LogP contribution in [-0.4, -0.2) is 19.5 Å². The lowest BCUT2D eigenvalue weighted by atomic mass is 10.2. The summed E-state index contributed by atoms with van der Waals surface area (Å²) in [7, 11) is -3.82. The van der Waals surface area contributed by atoms with Gasteiger partial charge in [0.1, 0.15) is 0 Å². The van der Waals surface area contributed by atoms with Gasteiger partial charge in [-0.15, -0.1) is 4.24 Å².